The molecule has 2 aromatic rings. The van der Waals surface area contributed by atoms with Crippen LogP contribution in [0.3, 0.4) is 0 Å². The predicted octanol–water partition coefficient (Wildman–Crippen LogP) is 3.54. The van der Waals surface area contributed by atoms with Crippen LogP contribution < -0.4 is 0 Å². The summed E-state index contributed by atoms with van der Waals surface area (Å²) in [5.74, 6) is 0.218. The van der Waals surface area contributed by atoms with Gasteiger partial charge < -0.3 is 4.74 Å². The Morgan fingerprint density at radius 3 is 2.46 bits per heavy atom. The second-order valence-corrected chi connectivity index (χ2v) is 10.2. The molecule has 1 spiro atoms. The quantitative estimate of drug-likeness (QED) is 0.831. The standard InChI is InChI=1S/C21H23NO3S/c1-15-8-10-17(11-9-15)26(23,24)22-12-18-19(16-6-4-3-5-7-16)25-20(2)13-21(18,20)14-22/h3-11,18-19H,12-14H2,1-2H3/t18-,19+,20+,21-/m1/s1. The summed E-state index contributed by atoms with van der Waals surface area (Å²) < 4.78 is 34.5. The topological polar surface area (TPSA) is 46.6 Å². The maximum Gasteiger partial charge on any atom is 0.243 e. The lowest BCUT2D eigenvalue weighted by Gasteiger charge is -2.23. The second-order valence-electron chi connectivity index (χ2n) is 8.23. The molecule has 2 aromatic carbocycles. The van der Waals surface area contributed by atoms with Gasteiger partial charge in [0, 0.05) is 24.4 Å². The molecular formula is C21H23NO3S. The first-order chi connectivity index (χ1) is 12.4. The smallest absolute Gasteiger partial charge is 0.243 e. The first-order valence-electron chi connectivity index (χ1n) is 9.15. The van der Waals surface area contributed by atoms with Gasteiger partial charge in [0.05, 0.1) is 16.6 Å². The van der Waals surface area contributed by atoms with E-state index in [2.05, 4.69) is 19.1 Å². The molecule has 3 fully saturated rings. The fourth-order valence-corrected chi connectivity index (χ4v) is 6.62. The Balaban J connectivity index is 1.48. The molecule has 1 saturated carbocycles. The molecule has 0 unspecified atom stereocenters. The van der Waals surface area contributed by atoms with Gasteiger partial charge in [-0.15, -0.1) is 0 Å². The normalized spacial score (nSPS) is 35.9. The summed E-state index contributed by atoms with van der Waals surface area (Å²) in [6, 6.07) is 17.4. The number of aryl methyl sites for hydroxylation is 1. The molecule has 26 heavy (non-hydrogen) atoms. The average molecular weight is 369 g/mol. The molecule has 4 nitrogen and oxygen atoms in total. The summed E-state index contributed by atoms with van der Waals surface area (Å²) in [5.41, 5.74) is 1.98. The molecule has 2 aliphatic heterocycles. The molecule has 0 N–H and O–H groups in total. The van der Waals surface area contributed by atoms with Crippen molar-refractivity contribution in [1.29, 1.82) is 0 Å². The van der Waals surface area contributed by atoms with E-state index in [1.807, 2.05) is 37.3 Å². The highest BCUT2D eigenvalue weighted by Gasteiger charge is 2.79. The monoisotopic (exact) mass is 369 g/mol. The fourth-order valence-electron chi connectivity index (χ4n) is 5.09. The molecule has 1 aliphatic carbocycles. The molecule has 2 heterocycles. The van der Waals surface area contributed by atoms with Crippen LogP contribution >= 0.6 is 0 Å². The number of sulfonamides is 1. The van der Waals surface area contributed by atoms with Crippen molar-refractivity contribution >= 4 is 10.0 Å². The predicted molar refractivity (Wildman–Crippen MR) is 99.2 cm³/mol. The minimum absolute atomic E-state index is 0.0202. The van der Waals surface area contributed by atoms with Crippen LogP contribution in [0.2, 0.25) is 0 Å². The van der Waals surface area contributed by atoms with E-state index >= 15 is 0 Å². The van der Waals surface area contributed by atoms with E-state index in [0.29, 0.717) is 18.0 Å². The number of rotatable bonds is 3. The van der Waals surface area contributed by atoms with Crippen LogP contribution in [0.25, 0.3) is 0 Å². The van der Waals surface area contributed by atoms with Crippen LogP contribution in [0.1, 0.15) is 30.6 Å². The molecule has 5 rings (SSSR count). The molecule has 2 saturated heterocycles. The molecular weight excluding hydrogens is 346 g/mol. The minimum Gasteiger partial charge on any atom is -0.366 e. The van der Waals surface area contributed by atoms with Gasteiger partial charge in [-0.1, -0.05) is 48.0 Å². The number of benzene rings is 2. The van der Waals surface area contributed by atoms with Crippen molar-refractivity contribution in [2.24, 2.45) is 11.3 Å². The highest BCUT2D eigenvalue weighted by molar-refractivity contribution is 7.89. The summed E-state index contributed by atoms with van der Waals surface area (Å²) >= 11 is 0. The van der Waals surface area contributed by atoms with Crippen molar-refractivity contribution in [1.82, 2.24) is 4.31 Å². The molecule has 0 radical (unpaired) electrons. The van der Waals surface area contributed by atoms with Crippen LogP contribution in [0.5, 0.6) is 0 Å². The maximum atomic E-state index is 13.2. The SMILES string of the molecule is Cc1ccc(S(=O)(=O)N2C[C@@H]3[C@H](c4ccccc4)O[C@@]4(C)C[C@@]34C2)cc1. The van der Waals surface area contributed by atoms with E-state index < -0.39 is 10.0 Å². The first kappa shape index (κ1) is 16.5. The first-order valence-corrected chi connectivity index (χ1v) is 10.6. The van der Waals surface area contributed by atoms with E-state index in [1.54, 1.807) is 16.4 Å². The third kappa shape index (κ3) is 2.11. The molecule has 0 bridgehead atoms. The summed E-state index contributed by atoms with van der Waals surface area (Å²) in [6.45, 7) is 5.21. The Kier molecular flexibility index (Phi) is 3.29. The third-order valence-corrected chi connectivity index (χ3v) is 8.51. The van der Waals surface area contributed by atoms with Crippen LogP contribution in [0.4, 0.5) is 0 Å². The second kappa shape index (κ2) is 5.18. The van der Waals surface area contributed by atoms with Gasteiger partial charge in [-0.25, -0.2) is 8.42 Å². The van der Waals surface area contributed by atoms with Crippen molar-refractivity contribution in [2.75, 3.05) is 13.1 Å². The van der Waals surface area contributed by atoms with Gasteiger partial charge in [-0.2, -0.15) is 4.31 Å². The highest BCUT2D eigenvalue weighted by atomic mass is 32.2. The zero-order valence-corrected chi connectivity index (χ0v) is 15.9. The van der Waals surface area contributed by atoms with Crippen LogP contribution in [0.15, 0.2) is 59.5 Å². The largest absolute Gasteiger partial charge is 0.366 e. The van der Waals surface area contributed by atoms with Crippen molar-refractivity contribution in [3.8, 4) is 0 Å². The molecule has 136 valence electrons. The van der Waals surface area contributed by atoms with E-state index in [9.17, 15) is 8.42 Å². The van der Waals surface area contributed by atoms with Gasteiger partial charge >= 0.3 is 0 Å². The van der Waals surface area contributed by atoms with Gasteiger partial charge in [-0.3, -0.25) is 0 Å². The van der Waals surface area contributed by atoms with E-state index in [-0.39, 0.29) is 23.0 Å². The zero-order chi connectivity index (χ0) is 18.2. The average Bonchev–Trinajstić information content (AvgIpc) is 2.92. The van der Waals surface area contributed by atoms with Crippen molar-refractivity contribution in [3.63, 3.8) is 0 Å². The Morgan fingerprint density at radius 2 is 1.77 bits per heavy atom. The minimum atomic E-state index is -3.46. The molecule has 0 amide bonds. The fraction of sp³-hybridized carbons (Fsp3) is 0.429. The number of ether oxygens (including phenoxy) is 1. The highest BCUT2D eigenvalue weighted by Crippen LogP contribution is 2.75. The summed E-state index contributed by atoms with van der Waals surface area (Å²) in [7, 11) is -3.46. The Morgan fingerprint density at radius 1 is 1.08 bits per heavy atom. The summed E-state index contributed by atoms with van der Waals surface area (Å²) in [6.07, 6.45) is 0.932. The maximum absolute atomic E-state index is 13.2. The summed E-state index contributed by atoms with van der Waals surface area (Å²) in [5, 5.41) is 0. The van der Waals surface area contributed by atoms with Crippen LogP contribution in [0, 0.1) is 18.3 Å². The lowest BCUT2D eigenvalue weighted by atomic mass is 9.85. The van der Waals surface area contributed by atoms with Gasteiger partial charge in [0.15, 0.2) is 0 Å². The van der Waals surface area contributed by atoms with E-state index in [1.165, 1.54) is 0 Å². The Labute approximate surface area is 154 Å². The van der Waals surface area contributed by atoms with Gasteiger partial charge in [0.25, 0.3) is 0 Å². The van der Waals surface area contributed by atoms with Crippen LogP contribution in [-0.4, -0.2) is 31.4 Å². The molecule has 4 atom stereocenters. The van der Waals surface area contributed by atoms with Gasteiger partial charge in [0.2, 0.25) is 10.0 Å². The summed E-state index contributed by atoms with van der Waals surface area (Å²) in [4.78, 5) is 0.388. The number of hydrogen-bond acceptors (Lipinski definition) is 3. The Hall–Kier alpha value is -1.69. The lowest BCUT2D eigenvalue weighted by Crippen LogP contribution is -2.31. The van der Waals surface area contributed by atoms with E-state index in [0.717, 1.165) is 17.5 Å². The molecule has 0 aromatic heterocycles. The zero-order valence-electron chi connectivity index (χ0n) is 15.1. The third-order valence-electron chi connectivity index (χ3n) is 6.69. The van der Waals surface area contributed by atoms with Gasteiger partial charge in [0.1, 0.15) is 0 Å². The van der Waals surface area contributed by atoms with Crippen molar-refractivity contribution < 1.29 is 13.2 Å². The number of nitrogens with zero attached hydrogens (tertiary/aromatic N) is 1. The lowest BCUT2D eigenvalue weighted by molar-refractivity contribution is -0.00506. The number of hydrogen-bond donors (Lipinski definition) is 0. The molecule has 3 aliphatic rings. The molecule has 5 heteroatoms. The van der Waals surface area contributed by atoms with Crippen molar-refractivity contribution in [3.05, 3.63) is 65.7 Å². The van der Waals surface area contributed by atoms with E-state index in [4.69, 9.17) is 4.74 Å². The van der Waals surface area contributed by atoms with Crippen molar-refractivity contribution in [2.45, 2.75) is 36.9 Å². The van der Waals surface area contributed by atoms with Gasteiger partial charge in [-0.05, 0) is 38.0 Å². The van der Waals surface area contributed by atoms with Crippen LogP contribution in [-0.2, 0) is 14.8 Å². The Bertz CT molecular complexity index is 957.